The molecular formula is C16H18BrNO. The highest BCUT2D eigenvalue weighted by atomic mass is 79.9. The van der Waals surface area contributed by atoms with E-state index in [9.17, 15) is 0 Å². The lowest BCUT2D eigenvalue weighted by atomic mass is 9.99. The smallest absolute Gasteiger partial charge is 0.130 e. The summed E-state index contributed by atoms with van der Waals surface area (Å²) in [5.41, 5.74) is 2.28. The van der Waals surface area contributed by atoms with E-state index < -0.39 is 0 Å². The molecule has 1 unspecified atom stereocenters. The van der Waals surface area contributed by atoms with Gasteiger partial charge in [-0.15, -0.1) is 0 Å². The van der Waals surface area contributed by atoms with Crippen LogP contribution >= 0.6 is 15.9 Å². The maximum Gasteiger partial charge on any atom is 0.130 e. The van der Waals surface area contributed by atoms with Gasteiger partial charge in [-0.05, 0) is 58.1 Å². The molecule has 2 aromatic rings. The van der Waals surface area contributed by atoms with Crippen LogP contribution in [-0.2, 0) is 6.61 Å². The van der Waals surface area contributed by atoms with Gasteiger partial charge in [0.15, 0.2) is 0 Å². The Morgan fingerprint density at radius 3 is 2.47 bits per heavy atom. The van der Waals surface area contributed by atoms with Crippen LogP contribution in [-0.4, -0.2) is 4.98 Å². The second-order valence-electron chi connectivity index (χ2n) is 4.63. The van der Waals surface area contributed by atoms with Crippen molar-refractivity contribution in [1.29, 1.82) is 0 Å². The molecule has 0 amide bonds. The summed E-state index contributed by atoms with van der Waals surface area (Å²) in [5.74, 6) is 1.49. The van der Waals surface area contributed by atoms with E-state index in [1.165, 1.54) is 5.56 Å². The lowest BCUT2D eigenvalue weighted by Gasteiger charge is -2.10. The quantitative estimate of drug-likeness (QED) is 0.779. The number of pyridine rings is 1. The van der Waals surface area contributed by atoms with E-state index in [4.69, 9.17) is 4.74 Å². The van der Waals surface area contributed by atoms with E-state index >= 15 is 0 Å². The largest absolute Gasteiger partial charge is 0.487 e. The summed E-state index contributed by atoms with van der Waals surface area (Å²) in [5, 5.41) is 0. The van der Waals surface area contributed by atoms with Gasteiger partial charge < -0.3 is 4.74 Å². The Kier molecular flexibility index (Phi) is 4.97. The molecule has 1 atom stereocenters. The van der Waals surface area contributed by atoms with E-state index in [0.29, 0.717) is 12.5 Å². The topological polar surface area (TPSA) is 22.1 Å². The second-order valence-corrected chi connectivity index (χ2v) is 5.55. The van der Waals surface area contributed by atoms with E-state index in [2.05, 4.69) is 46.9 Å². The molecule has 2 rings (SSSR count). The predicted molar refractivity (Wildman–Crippen MR) is 81.4 cm³/mol. The highest BCUT2D eigenvalue weighted by molar-refractivity contribution is 9.10. The molecule has 1 heterocycles. The number of ether oxygens (including phenoxy) is 1. The highest BCUT2D eigenvalue weighted by Crippen LogP contribution is 2.22. The average Bonchev–Trinajstić information content (AvgIpc) is 2.46. The minimum atomic E-state index is 0.496. The van der Waals surface area contributed by atoms with Crippen molar-refractivity contribution in [3.8, 4) is 5.75 Å². The molecule has 3 heteroatoms. The molecule has 100 valence electrons. The van der Waals surface area contributed by atoms with Gasteiger partial charge in [-0.1, -0.05) is 26.0 Å². The maximum absolute atomic E-state index is 5.72. The van der Waals surface area contributed by atoms with E-state index in [1.54, 1.807) is 6.20 Å². The zero-order valence-corrected chi connectivity index (χ0v) is 12.9. The van der Waals surface area contributed by atoms with E-state index in [1.807, 2.05) is 24.3 Å². The van der Waals surface area contributed by atoms with Gasteiger partial charge in [0, 0.05) is 10.7 Å². The van der Waals surface area contributed by atoms with Crippen LogP contribution in [0, 0.1) is 0 Å². The molecule has 19 heavy (non-hydrogen) atoms. The van der Waals surface area contributed by atoms with Crippen molar-refractivity contribution in [2.24, 2.45) is 0 Å². The first-order valence-electron chi connectivity index (χ1n) is 6.52. The van der Waals surface area contributed by atoms with Crippen molar-refractivity contribution in [3.05, 3.63) is 58.3 Å². The molecule has 0 radical (unpaired) electrons. The summed E-state index contributed by atoms with van der Waals surface area (Å²) in [6.07, 6.45) is 2.94. The molecule has 0 aliphatic heterocycles. The number of benzene rings is 1. The highest BCUT2D eigenvalue weighted by Gasteiger charge is 2.03. The van der Waals surface area contributed by atoms with Crippen molar-refractivity contribution >= 4 is 15.9 Å². The molecule has 1 aromatic carbocycles. The lowest BCUT2D eigenvalue weighted by Crippen LogP contribution is -1.98. The minimum absolute atomic E-state index is 0.496. The molecule has 0 aliphatic rings. The van der Waals surface area contributed by atoms with Gasteiger partial charge >= 0.3 is 0 Å². The van der Waals surface area contributed by atoms with Crippen molar-refractivity contribution in [3.63, 3.8) is 0 Å². The molecule has 2 nitrogen and oxygen atoms in total. The van der Waals surface area contributed by atoms with Gasteiger partial charge in [0.25, 0.3) is 0 Å². The van der Waals surface area contributed by atoms with Crippen LogP contribution in [0.2, 0.25) is 0 Å². The van der Waals surface area contributed by atoms with Gasteiger partial charge in [0.1, 0.15) is 12.4 Å². The van der Waals surface area contributed by atoms with Gasteiger partial charge in [0.05, 0.1) is 5.69 Å². The summed E-state index contributed by atoms with van der Waals surface area (Å²) < 4.78 is 6.70. The van der Waals surface area contributed by atoms with Gasteiger partial charge in [-0.25, -0.2) is 0 Å². The average molecular weight is 320 g/mol. The zero-order valence-electron chi connectivity index (χ0n) is 11.3. The first-order chi connectivity index (χ1) is 9.19. The first kappa shape index (κ1) is 14.1. The van der Waals surface area contributed by atoms with Crippen LogP contribution in [0.15, 0.2) is 47.1 Å². The number of nitrogens with zero attached hydrogens (tertiary/aromatic N) is 1. The molecule has 0 N–H and O–H groups in total. The van der Waals surface area contributed by atoms with Crippen molar-refractivity contribution < 1.29 is 4.74 Å². The second kappa shape index (κ2) is 6.71. The number of hydrogen-bond donors (Lipinski definition) is 0. The molecule has 0 spiro atoms. The monoisotopic (exact) mass is 319 g/mol. The Morgan fingerprint density at radius 1 is 1.16 bits per heavy atom. The molecule has 0 saturated carbocycles. The number of rotatable bonds is 5. The molecule has 0 aliphatic carbocycles. The van der Waals surface area contributed by atoms with Crippen molar-refractivity contribution in [2.75, 3.05) is 0 Å². The summed E-state index contributed by atoms with van der Waals surface area (Å²) in [7, 11) is 0. The SMILES string of the molecule is CCC(C)c1ccc(OCc2ccc(Br)cn2)cc1. The fraction of sp³-hybridized carbons (Fsp3) is 0.312. The summed E-state index contributed by atoms with van der Waals surface area (Å²) >= 11 is 3.37. The Bertz CT molecular complexity index is 507. The van der Waals surface area contributed by atoms with E-state index in [0.717, 1.165) is 22.3 Å². The van der Waals surface area contributed by atoms with E-state index in [-0.39, 0.29) is 0 Å². The van der Waals surface area contributed by atoms with Crippen molar-refractivity contribution in [1.82, 2.24) is 4.98 Å². The third-order valence-electron chi connectivity index (χ3n) is 3.24. The van der Waals surface area contributed by atoms with Crippen molar-refractivity contribution in [2.45, 2.75) is 32.8 Å². The van der Waals surface area contributed by atoms with Gasteiger partial charge in [-0.2, -0.15) is 0 Å². The van der Waals surface area contributed by atoms with Crippen LogP contribution in [0.4, 0.5) is 0 Å². The normalized spacial score (nSPS) is 12.2. The summed E-state index contributed by atoms with van der Waals surface area (Å²) in [6.45, 7) is 4.94. The third kappa shape index (κ3) is 4.06. The first-order valence-corrected chi connectivity index (χ1v) is 7.31. The Hall–Kier alpha value is -1.35. The predicted octanol–water partition coefficient (Wildman–Crippen LogP) is 4.94. The van der Waals surface area contributed by atoms with Crippen LogP contribution in [0.1, 0.15) is 37.4 Å². The Balaban J connectivity index is 1.94. The molecule has 0 bridgehead atoms. The fourth-order valence-corrected chi connectivity index (χ4v) is 2.01. The molecular weight excluding hydrogens is 302 g/mol. The molecule has 0 fully saturated rings. The number of aromatic nitrogens is 1. The summed E-state index contributed by atoms with van der Waals surface area (Å²) in [6, 6.07) is 12.3. The van der Waals surface area contributed by atoms with Crippen LogP contribution < -0.4 is 4.74 Å². The summed E-state index contributed by atoms with van der Waals surface area (Å²) in [4.78, 5) is 4.28. The van der Waals surface area contributed by atoms with Crippen LogP contribution in [0.3, 0.4) is 0 Å². The minimum Gasteiger partial charge on any atom is -0.487 e. The number of halogens is 1. The van der Waals surface area contributed by atoms with Crippen LogP contribution in [0.25, 0.3) is 0 Å². The third-order valence-corrected chi connectivity index (χ3v) is 3.71. The lowest BCUT2D eigenvalue weighted by molar-refractivity contribution is 0.301. The standard InChI is InChI=1S/C16H18BrNO/c1-3-12(2)13-4-8-16(9-5-13)19-11-15-7-6-14(17)10-18-15/h4-10,12H,3,11H2,1-2H3. The molecule has 1 aromatic heterocycles. The number of hydrogen-bond acceptors (Lipinski definition) is 2. The van der Waals surface area contributed by atoms with Gasteiger partial charge in [0.2, 0.25) is 0 Å². The van der Waals surface area contributed by atoms with Gasteiger partial charge in [-0.3, -0.25) is 4.98 Å². The van der Waals surface area contributed by atoms with Crippen LogP contribution in [0.5, 0.6) is 5.75 Å². The fourth-order valence-electron chi connectivity index (χ4n) is 1.78. The maximum atomic E-state index is 5.72. The molecule has 0 saturated heterocycles. The Morgan fingerprint density at radius 2 is 1.89 bits per heavy atom. The Labute approximate surface area is 123 Å². The zero-order chi connectivity index (χ0) is 13.7.